The van der Waals surface area contributed by atoms with Crippen LogP contribution in [0.15, 0.2) is 35.2 Å². The fourth-order valence-corrected chi connectivity index (χ4v) is 2.13. The molecule has 0 aliphatic rings. The molecule has 0 saturated heterocycles. The highest BCUT2D eigenvalue weighted by molar-refractivity contribution is 9.10. The van der Waals surface area contributed by atoms with E-state index in [0.29, 0.717) is 23.1 Å². The van der Waals surface area contributed by atoms with Gasteiger partial charge in [0.15, 0.2) is 0 Å². The van der Waals surface area contributed by atoms with Gasteiger partial charge in [-0.25, -0.2) is 14.6 Å². The maximum atomic E-state index is 11.7. The van der Waals surface area contributed by atoms with Crippen LogP contribution in [0, 0.1) is 0 Å². The Hall–Kier alpha value is -2.35. The zero-order valence-corrected chi connectivity index (χ0v) is 12.5. The van der Waals surface area contributed by atoms with Gasteiger partial charge < -0.3 is 20.7 Å². The summed E-state index contributed by atoms with van der Waals surface area (Å²) in [5, 5.41) is 14.2. The van der Waals surface area contributed by atoms with Crippen molar-refractivity contribution in [1.82, 2.24) is 15.3 Å². The van der Waals surface area contributed by atoms with E-state index in [2.05, 4.69) is 36.5 Å². The Balaban J connectivity index is 1.86. The van der Waals surface area contributed by atoms with Gasteiger partial charge in [0.25, 0.3) is 0 Å². The van der Waals surface area contributed by atoms with E-state index >= 15 is 0 Å². The van der Waals surface area contributed by atoms with Crippen LogP contribution in [-0.4, -0.2) is 33.6 Å². The third-order valence-electron chi connectivity index (χ3n) is 2.70. The van der Waals surface area contributed by atoms with E-state index in [9.17, 15) is 9.59 Å². The molecule has 2 amide bonds. The number of anilines is 1. The third kappa shape index (κ3) is 4.32. The average molecular weight is 353 g/mol. The Labute approximate surface area is 128 Å². The van der Waals surface area contributed by atoms with E-state index < -0.39 is 5.97 Å². The van der Waals surface area contributed by atoms with E-state index in [1.807, 2.05) is 0 Å². The number of H-pyrrole nitrogens is 1. The molecule has 1 aromatic carbocycles. The molecule has 0 aliphatic carbocycles. The fraction of sp³-hybridized carbons (Fsp3) is 0.154. The molecule has 4 N–H and O–H groups in total. The number of aromatic amines is 1. The van der Waals surface area contributed by atoms with Gasteiger partial charge in [0.2, 0.25) is 0 Å². The summed E-state index contributed by atoms with van der Waals surface area (Å²) in [6, 6.07) is 4.02. The topological polar surface area (TPSA) is 107 Å². The minimum absolute atomic E-state index is 0.145. The number of halogens is 1. The van der Waals surface area contributed by atoms with Crippen LogP contribution in [0.5, 0.6) is 0 Å². The molecule has 0 spiro atoms. The van der Waals surface area contributed by atoms with Gasteiger partial charge in [-0.05, 0) is 34.1 Å². The Morgan fingerprint density at radius 2 is 2.19 bits per heavy atom. The maximum absolute atomic E-state index is 11.7. The Morgan fingerprint density at radius 1 is 1.38 bits per heavy atom. The first-order valence-electron chi connectivity index (χ1n) is 6.11. The molecule has 0 radical (unpaired) electrons. The number of hydrogen-bond donors (Lipinski definition) is 4. The fourth-order valence-electron chi connectivity index (χ4n) is 1.65. The summed E-state index contributed by atoms with van der Waals surface area (Å²) >= 11 is 3.22. The van der Waals surface area contributed by atoms with Crippen LogP contribution in [0.4, 0.5) is 10.5 Å². The van der Waals surface area contributed by atoms with E-state index in [1.165, 1.54) is 18.2 Å². The highest BCUT2D eigenvalue weighted by Gasteiger charge is 2.09. The van der Waals surface area contributed by atoms with Crippen molar-refractivity contribution in [2.24, 2.45) is 0 Å². The molecule has 7 nitrogen and oxygen atoms in total. The number of carboxylic acid groups (broad SMARTS) is 1. The van der Waals surface area contributed by atoms with Gasteiger partial charge in [-0.1, -0.05) is 0 Å². The summed E-state index contributed by atoms with van der Waals surface area (Å²) < 4.78 is 0.506. The normalized spacial score (nSPS) is 10.1. The molecule has 21 heavy (non-hydrogen) atoms. The number of nitrogens with one attached hydrogen (secondary N) is 3. The van der Waals surface area contributed by atoms with Crippen LogP contribution >= 0.6 is 15.9 Å². The summed E-state index contributed by atoms with van der Waals surface area (Å²) in [6.07, 6.45) is 3.92. The lowest BCUT2D eigenvalue weighted by Gasteiger charge is -2.09. The quantitative estimate of drug-likeness (QED) is 0.661. The summed E-state index contributed by atoms with van der Waals surface area (Å²) in [5.41, 5.74) is 1.58. The van der Waals surface area contributed by atoms with Crippen LogP contribution in [0.2, 0.25) is 0 Å². The zero-order chi connectivity index (χ0) is 15.2. The van der Waals surface area contributed by atoms with Crippen molar-refractivity contribution < 1.29 is 14.7 Å². The van der Waals surface area contributed by atoms with Crippen LogP contribution in [0.3, 0.4) is 0 Å². The van der Waals surface area contributed by atoms with Gasteiger partial charge in [-0.3, -0.25) is 0 Å². The lowest BCUT2D eigenvalue weighted by Crippen LogP contribution is -2.30. The van der Waals surface area contributed by atoms with Crippen molar-refractivity contribution in [1.29, 1.82) is 0 Å². The predicted octanol–water partition coefficient (Wildman–Crippen LogP) is 2.23. The van der Waals surface area contributed by atoms with Crippen molar-refractivity contribution in [3.63, 3.8) is 0 Å². The molecule has 0 fully saturated rings. The molecule has 1 aromatic heterocycles. The van der Waals surface area contributed by atoms with Crippen LogP contribution < -0.4 is 10.6 Å². The number of amides is 2. The second-order valence-electron chi connectivity index (χ2n) is 4.21. The average Bonchev–Trinajstić information content (AvgIpc) is 2.94. The molecule has 0 atom stereocenters. The molecule has 0 saturated carbocycles. The number of carbonyl (C=O) groups is 2. The second kappa shape index (κ2) is 6.89. The number of urea groups is 1. The van der Waals surface area contributed by atoms with Gasteiger partial charge in [0.1, 0.15) is 0 Å². The number of aromatic nitrogens is 2. The van der Waals surface area contributed by atoms with Crippen molar-refractivity contribution >= 4 is 33.6 Å². The van der Waals surface area contributed by atoms with Crippen LogP contribution in [-0.2, 0) is 6.42 Å². The maximum Gasteiger partial charge on any atom is 0.335 e. The van der Waals surface area contributed by atoms with Gasteiger partial charge >= 0.3 is 12.0 Å². The number of carbonyl (C=O) groups excluding carboxylic acids is 1. The Kier molecular flexibility index (Phi) is 4.94. The molecule has 0 bridgehead atoms. The van der Waals surface area contributed by atoms with Gasteiger partial charge in [-0.2, -0.15) is 0 Å². The monoisotopic (exact) mass is 352 g/mol. The van der Waals surface area contributed by atoms with Crippen molar-refractivity contribution in [3.05, 3.63) is 46.5 Å². The molecule has 2 aromatic rings. The molecular formula is C13H13BrN4O3. The third-order valence-corrected chi connectivity index (χ3v) is 3.36. The highest BCUT2D eigenvalue weighted by atomic mass is 79.9. The predicted molar refractivity (Wildman–Crippen MR) is 80.4 cm³/mol. The van der Waals surface area contributed by atoms with Crippen LogP contribution in [0.25, 0.3) is 0 Å². The lowest BCUT2D eigenvalue weighted by atomic mass is 10.2. The standard InChI is InChI=1S/C13H13BrN4O3/c14-10-5-8(12(19)20)1-2-11(10)18-13(21)16-4-3-9-6-15-7-17-9/h1-2,5-7H,3-4H2,(H,15,17)(H,19,20)(H2,16,18,21). The number of nitrogens with zero attached hydrogens (tertiary/aromatic N) is 1. The van der Waals surface area contributed by atoms with Crippen molar-refractivity contribution in [2.75, 3.05) is 11.9 Å². The number of hydrogen-bond acceptors (Lipinski definition) is 3. The number of imidazole rings is 1. The Bertz CT molecular complexity index is 643. The van der Waals surface area contributed by atoms with Gasteiger partial charge in [-0.15, -0.1) is 0 Å². The van der Waals surface area contributed by atoms with Crippen molar-refractivity contribution in [2.45, 2.75) is 6.42 Å². The first-order valence-corrected chi connectivity index (χ1v) is 6.90. The highest BCUT2D eigenvalue weighted by Crippen LogP contribution is 2.23. The van der Waals surface area contributed by atoms with Gasteiger partial charge in [0, 0.05) is 29.3 Å². The first kappa shape index (κ1) is 15.0. The summed E-state index contributed by atoms with van der Waals surface area (Å²) in [7, 11) is 0. The Morgan fingerprint density at radius 3 is 2.81 bits per heavy atom. The van der Waals surface area contributed by atoms with Crippen LogP contribution in [0.1, 0.15) is 16.1 Å². The number of benzene rings is 1. The molecule has 8 heteroatoms. The smallest absolute Gasteiger partial charge is 0.335 e. The van der Waals surface area contributed by atoms with E-state index in [4.69, 9.17) is 5.11 Å². The second-order valence-corrected chi connectivity index (χ2v) is 5.06. The minimum atomic E-state index is -1.02. The summed E-state index contributed by atoms with van der Waals surface area (Å²) in [5.74, 6) is -1.02. The number of aromatic carboxylic acids is 1. The molecule has 0 unspecified atom stereocenters. The van der Waals surface area contributed by atoms with Crippen molar-refractivity contribution in [3.8, 4) is 0 Å². The SMILES string of the molecule is O=C(NCCc1cnc[nH]1)Nc1ccc(C(=O)O)cc1Br. The molecule has 2 rings (SSSR count). The molecular weight excluding hydrogens is 340 g/mol. The van der Waals surface area contributed by atoms with E-state index in [-0.39, 0.29) is 11.6 Å². The molecule has 0 aliphatic heterocycles. The van der Waals surface area contributed by atoms with Gasteiger partial charge in [0.05, 0.1) is 17.6 Å². The lowest BCUT2D eigenvalue weighted by molar-refractivity contribution is 0.0697. The zero-order valence-electron chi connectivity index (χ0n) is 10.9. The molecule has 1 heterocycles. The number of rotatable bonds is 5. The largest absolute Gasteiger partial charge is 0.478 e. The molecule has 110 valence electrons. The summed E-state index contributed by atoms with van der Waals surface area (Å²) in [6.45, 7) is 0.457. The van der Waals surface area contributed by atoms with E-state index in [1.54, 1.807) is 12.5 Å². The number of carboxylic acids is 1. The summed E-state index contributed by atoms with van der Waals surface area (Å²) in [4.78, 5) is 29.4. The minimum Gasteiger partial charge on any atom is -0.478 e. The van der Waals surface area contributed by atoms with E-state index in [0.717, 1.165) is 5.69 Å². The first-order chi connectivity index (χ1) is 10.1.